The Labute approximate surface area is 114 Å². The number of benzene rings is 1. The molecule has 1 fully saturated rings. The lowest BCUT2D eigenvalue weighted by atomic mass is 10.1. The van der Waals surface area contributed by atoms with E-state index in [1.165, 1.54) is 0 Å². The molecule has 2 aromatic heterocycles. The monoisotopic (exact) mass is 268 g/mol. The van der Waals surface area contributed by atoms with Crippen molar-refractivity contribution in [2.75, 3.05) is 13.1 Å². The minimum Gasteiger partial charge on any atom is -0.451 e. The maximum absolute atomic E-state index is 12.3. The van der Waals surface area contributed by atoms with Crippen LogP contribution in [-0.2, 0) is 0 Å². The van der Waals surface area contributed by atoms with Gasteiger partial charge in [-0.1, -0.05) is 18.2 Å². The second-order valence-electron chi connectivity index (χ2n) is 4.86. The molecule has 1 aliphatic rings. The number of amides is 1. The summed E-state index contributed by atoms with van der Waals surface area (Å²) in [6.07, 6.45) is 3.29. The number of carbonyl (C=O) groups is 1. The molecule has 1 saturated heterocycles. The quantitative estimate of drug-likeness (QED) is 0.710. The number of hydrogen-bond donors (Lipinski definition) is 0. The molecule has 100 valence electrons. The summed E-state index contributed by atoms with van der Waals surface area (Å²) in [6.45, 7) is 1.23. The molecule has 3 aromatic rings. The fraction of sp³-hybridized carbons (Fsp3) is 0.214. The minimum atomic E-state index is -0.0791. The van der Waals surface area contributed by atoms with Crippen molar-refractivity contribution in [3.05, 3.63) is 48.5 Å². The van der Waals surface area contributed by atoms with Gasteiger partial charge in [0.05, 0.1) is 12.4 Å². The zero-order chi connectivity index (χ0) is 13.5. The first kappa shape index (κ1) is 11.2. The summed E-state index contributed by atoms with van der Waals surface area (Å²) >= 11 is 0. The van der Waals surface area contributed by atoms with Gasteiger partial charge < -0.3 is 9.32 Å². The Hall–Kier alpha value is -2.63. The third-order valence-corrected chi connectivity index (χ3v) is 3.55. The molecule has 6 nitrogen and oxygen atoms in total. The lowest BCUT2D eigenvalue weighted by Crippen LogP contribution is -2.51. The van der Waals surface area contributed by atoms with Crippen LogP contribution in [0.3, 0.4) is 0 Å². The van der Waals surface area contributed by atoms with Crippen LogP contribution in [0.5, 0.6) is 0 Å². The van der Waals surface area contributed by atoms with Crippen molar-refractivity contribution in [1.82, 2.24) is 19.9 Å². The molecule has 1 amide bonds. The fourth-order valence-corrected chi connectivity index (χ4v) is 2.42. The van der Waals surface area contributed by atoms with E-state index < -0.39 is 0 Å². The maximum atomic E-state index is 12.3. The highest BCUT2D eigenvalue weighted by atomic mass is 16.3. The number of likely N-dealkylation sites (tertiary alicyclic amines) is 1. The Morgan fingerprint density at radius 2 is 1.95 bits per heavy atom. The zero-order valence-electron chi connectivity index (χ0n) is 10.6. The normalized spacial score (nSPS) is 15.5. The summed E-state index contributed by atoms with van der Waals surface area (Å²) in [5, 5.41) is 9.11. The first-order chi connectivity index (χ1) is 9.81. The average molecular weight is 268 g/mol. The van der Waals surface area contributed by atoms with E-state index in [4.69, 9.17) is 4.42 Å². The van der Waals surface area contributed by atoms with E-state index in [1.54, 1.807) is 28.2 Å². The molecule has 1 aliphatic heterocycles. The summed E-state index contributed by atoms with van der Waals surface area (Å²) in [6, 6.07) is 9.56. The minimum absolute atomic E-state index is 0.0791. The number of nitrogens with zero attached hydrogens (tertiary/aromatic N) is 4. The van der Waals surface area contributed by atoms with Gasteiger partial charge in [-0.25, -0.2) is 0 Å². The molecule has 3 heterocycles. The van der Waals surface area contributed by atoms with E-state index in [9.17, 15) is 4.79 Å². The fourth-order valence-electron chi connectivity index (χ4n) is 2.42. The predicted molar refractivity (Wildman–Crippen MR) is 71.2 cm³/mol. The third kappa shape index (κ3) is 1.69. The van der Waals surface area contributed by atoms with Gasteiger partial charge in [-0.2, -0.15) is 15.0 Å². The van der Waals surface area contributed by atoms with Crippen LogP contribution in [0.1, 0.15) is 16.6 Å². The van der Waals surface area contributed by atoms with Crippen LogP contribution in [0.4, 0.5) is 0 Å². The van der Waals surface area contributed by atoms with Crippen LogP contribution < -0.4 is 0 Å². The van der Waals surface area contributed by atoms with Crippen LogP contribution in [0.15, 0.2) is 47.1 Å². The van der Waals surface area contributed by atoms with Gasteiger partial charge in [0.25, 0.3) is 5.91 Å². The first-order valence-electron chi connectivity index (χ1n) is 6.45. The van der Waals surface area contributed by atoms with Crippen LogP contribution in [0, 0.1) is 0 Å². The van der Waals surface area contributed by atoms with E-state index in [0.717, 1.165) is 11.0 Å². The van der Waals surface area contributed by atoms with E-state index in [1.807, 2.05) is 24.3 Å². The molecule has 0 atom stereocenters. The SMILES string of the molecule is O=C(c1cc2ccccc2o1)N1CC(n2nccn2)C1. The Morgan fingerprint density at radius 1 is 1.20 bits per heavy atom. The van der Waals surface area contributed by atoms with Crippen molar-refractivity contribution >= 4 is 16.9 Å². The Balaban J connectivity index is 1.51. The molecular formula is C14H12N4O2. The van der Waals surface area contributed by atoms with Crippen LogP contribution in [0.25, 0.3) is 11.0 Å². The zero-order valence-corrected chi connectivity index (χ0v) is 10.6. The first-order valence-corrected chi connectivity index (χ1v) is 6.45. The van der Waals surface area contributed by atoms with Crippen molar-refractivity contribution in [2.24, 2.45) is 0 Å². The van der Waals surface area contributed by atoms with Crippen molar-refractivity contribution in [1.29, 1.82) is 0 Å². The van der Waals surface area contributed by atoms with Gasteiger partial charge in [0.15, 0.2) is 5.76 Å². The van der Waals surface area contributed by atoms with E-state index in [0.29, 0.717) is 18.8 Å². The predicted octanol–water partition coefficient (Wildman–Crippen LogP) is 1.72. The summed E-state index contributed by atoms with van der Waals surface area (Å²) in [5.41, 5.74) is 0.738. The number of aromatic nitrogens is 3. The topological polar surface area (TPSA) is 64.2 Å². The molecule has 1 aromatic carbocycles. The van der Waals surface area contributed by atoms with Crippen molar-refractivity contribution in [2.45, 2.75) is 6.04 Å². The van der Waals surface area contributed by atoms with Gasteiger partial charge >= 0.3 is 0 Å². The summed E-state index contributed by atoms with van der Waals surface area (Å²) in [4.78, 5) is 15.7. The van der Waals surface area contributed by atoms with E-state index in [-0.39, 0.29) is 11.9 Å². The third-order valence-electron chi connectivity index (χ3n) is 3.55. The van der Waals surface area contributed by atoms with Gasteiger partial charge in [0, 0.05) is 18.5 Å². The number of para-hydroxylation sites is 1. The van der Waals surface area contributed by atoms with Gasteiger partial charge in [0.1, 0.15) is 11.6 Å². The number of rotatable bonds is 2. The molecule has 0 N–H and O–H groups in total. The van der Waals surface area contributed by atoms with Crippen molar-refractivity contribution in [3.8, 4) is 0 Å². The van der Waals surface area contributed by atoms with Crippen LogP contribution in [-0.4, -0.2) is 38.9 Å². The van der Waals surface area contributed by atoms with Gasteiger partial charge in [-0.3, -0.25) is 4.79 Å². The largest absolute Gasteiger partial charge is 0.451 e. The molecule has 20 heavy (non-hydrogen) atoms. The molecule has 0 aliphatic carbocycles. The Morgan fingerprint density at radius 3 is 2.70 bits per heavy atom. The molecule has 0 spiro atoms. The second kappa shape index (κ2) is 4.19. The molecule has 0 unspecified atom stereocenters. The van der Waals surface area contributed by atoms with E-state index in [2.05, 4.69) is 10.2 Å². The van der Waals surface area contributed by atoms with E-state index >= 15 is 0 Å². The number of carbonyl (C=O) groups excluding carboxylic acids is 1. The summed E-state index contributed by atoms with van der Waals surface area (Å²) in [5.74, 6) is 0.308. The van der Waals surface area contributed by atoms with Crippen molar-refractivity contribution < 1.29 is 9.21 Å². The molecule has 0 saturated carbocycles. The van der Waals surface area contributed by atoms with Crippen LogP contribution >= 0.6 is 0 Å². The summed E-state index contributed by atoms with van der Waals surface area (Å²) in [7, 11) is 0. The number of hydrogen-bond acceptors (Lipinski definition) is 4. The number of fused-ring (bicyclic) bond motifs is 1. The Bertz CT molecular complexity index is 723. The van der Waals surface area contributed by atoms with Crippen molar-refractivity contribution in [3.63, 3.8) is 0 Å². The standard InChI is InChI=1S/C14H12N4O2/c19-14(13-7-10-3-1-2-4-12(10)20-13)17-8-11(9-17)18-15-5-6-16-18/h1-7,11H,8-9H2. The molecule has 0 bridgehead atoms. The molecule has 0 radical (unpaired) electrons. The maximum Gasteiger partial charge on any atom is 0.289 e. The van der Waals surface area contributed by atoms with Gasteiger partial charge in [0.2, 0.25) is 0 Å². The van der Waals surface area contributed by atoms with Gasteiger partial charge in [-0.05, 0) is 12.1 Å². The lowest BCUT2D eigenvalue weighted by molar-refractivity contribution is 0.0447. The number of furan rings is 1. The highest BCUT2D eigenvalue weighted by molar-refractivity contribution is 5.96. The summed E-state index contributed by atoms with van der Waals surface area (Å²) < 4.78 is 5.58. The lowest BCUT2D eigenvalue weighted by Gasteiger charge is -2.37. The van der Waals surface area contributed by atoms with Crippen LogP contribution in [0.2, 0.25) is 0 Å². The highest BCUT2D eigenvalue weighted by Gasteiger charge is 2.34. The molecular weight excluding hydrogens is 256 g/mol. The molecule has 4 rings (SSSR count). The smallest absolute Gasteiger partial charge is 0.289 e. The molecule has 6 heteroatoms. The highest BCUT2D eigenvalue weighted by Crippen LogP contribution is 2.25. The Kier molecular flexibility index (Phi) is 2.35. The van der Waals surface area contributed by atoms with Gasteiger partial charge in [-0.15, -0.1) is 0 Å². The second-order valence-corrected chi connectivity index (χ2v) is 4.86. The average Bonchev–Trinajstić information content (AvgIpc) is 3.05.